The average molecular weight is 341 g/mol. The standard InChI is InChI=1S/C20H15N5O/c21-10-14-3-1-4-15(9-14)18(26)16-11-23-19(24-12-16)25-20(6-7-20)17-5-2-8-22-13-17/h1-5,8-9,11-13H,6-7H2,(H,23,24,25). The van der Waals surface area contributed by atoms with Crippen LogP contribution in [0.3, 0.4) is 0 Å². The highest BCUT2D eigenvalue weighted by Crippen LogP contribution is 2.47. The number of ketones is 1. The molecule has 1 aliphatic rings. The summed E-state index contributed by atoms with van der Waals surface area (Å²) in [6.45, 7) is 0. The van der Waals surface area contributed by atoms with Crippen LogP contribution in [0, 0.1) is 11.3 Å². The van der Waals surface area contributed by atoms with E-state index in [1.165, 1.54) is 12.4 Å². The van der Waals surface area contributed by atoms with Crippen LogP contribution in [0.1, 0.15) is 39.9 Å². The van der Waals surface area contributed by atoms with E-state index in [1.54, 1.807) is 30.5 Å². The molecule has 1 fully saturated rings. The molecule has 1 aromatic carbocycles. The van der Waals surface area contributed by atoms with Crippen molar-refractivity contribution in [3.63, 3.8) is 0 Å². The molecule has 0 radical (unpaired) electrons. The van der Waals surface area contributed by atoms with E-state index in [-0.39, 0.29) is 11.3 Å². The second kappa shape index (κ2) is 6.37. The summed E-state index contributed by atoms with van der Waals surface area (Å²) >= 11 is 0. The summed E-state index contributed by atoms with van der Waals surface area (Å²) in [5, 5.41) is 12.3. The Morgan fingerprint density at radius 2 is 1.88 bits per heavy atom. The van der Waals surface area contributed by atoms with Gasteiger partial charge in [0, 0.05) is 30.4 Å². The summed E-state index contributed by atoms with van der Waals surface area (Å²) in [6, 6.07) is 12.6. The highest BCUT2D eigenvalue weighted by molar-refractivity contribution is 6.08. The Morgan fingerprint density at radius 1 is 1.08 bits per heavy atom. The first-order valence-electron chi connectivity index (χ1n) is 8.26. The molecule has 126 valence electrons. The van der Waals surface area contributed by atoms with Gasteiger partial charge in [-0.1, -0.05) is 18.2 Å². The van der Waals surface area contributed by atoms with Crippen LogP contribution in [-0.4, -0.2) is 20.7 Å². The molecule has 6 heteroatoms. The smallest absolute Gasteiger partial charge is 0.223 e. The monoisotopic (exact) mass is 341 g/mol. The van der Waals surface area contributed by atoms with Crippen molar-refractivity contribution in [3.8, 4) is 6.07 Å². The molecule has 0 aliphatic heterocycles. The van der Waals surface area contributed by atoms with Gasteiger partial charge in [-0.2, -0.15) is 5.26 Å². The molecule has 4 rings (SSSR count). The molecule has 0 amide bonds. The Labute approximate surface area is 150 Å². The highest BCUT2D eigenvalue weighted by Gasteiger charge is 2.45. The van der Waals surface area contributed by atoms with Crippen LogP contribution in [0.4, 0.5) is 5.95 Å². The number of hydrogen-bond donors (Lipinski definition) is 1. The zero-order valence-electron chi connectivity index (χ0n) is 13.9. The first-order valence-corrected chi connectivity index (χ1v) is 8.26. The Balaban J connectivity index is 1.52. The van der Waals surface area contributed by atoms with Gasteiger partial charge in [0.05, 0.1) is 22.7 Å². The highest BCUT2D eigenvalue weighted by atomic mass is 16.1. The Kier molecular flexibility index (Phi) is 3.90. The molecule has 1 aliphatic carbocycles. The van der Waals surface area contributed by atoms with E-state index >= 15 is 0 Å². The number of anilines is 1. The minimum absolute atomic E-state index is 0.166. The van der Waals surface area contributed by atoms with Crippen LogP contribution in [0.2, 0.25) is 0 Å². The Hall–Kier alpha value is -3.59. The molecule has 1 saturated carbocycles. The third-order valence-corrected chi connectivity index (χ3v) is 4.48. The molecule has 1 N–H and O–H groups in total. The lowest BCUT2D eigenvalue weighted by Crippen LogP contribution is -2.20. The fourth-order valence-corrected chi connectivity index (χ4v) is 2.88. The van der Waals surface area contributed by atoms with Gasteiger partial charge in [-0.05, 0) is 36.6 Å². The third-order valence-electron chi connectivity index (χ3n) is 4.48. The lowest BCUT2D eigenvalue weighted by atomic mass is 10.0. The third kappa shape index (κ3) is 3.03. The maximum Gasteiger partial charge on any atom is 0.223 e. The number of nitrogens with one attached hydrogen (secondary N) is 1. The number of aromatic nitrogens is 3. The van der Waals surface area contributed by atoms with E-state index in [4.69, 9.17) is 5.26 Å². The second-order valence-corrected chi connectivity index (χ2v) is 6.27. The van der Waals surface area contributed by atoms with E-state index in [1.807, 2.05) is 24.4 Å². The van der Waals surface area contributed by atoms with Crippen LogP contribution in [0.15, 0.2) is 61.2 Å². The summed E-state index contributed by atoms with van der Waals surface area (Å²) in [5.41, 5.74) is 2.22. The number of rotatable bonds is 5. The van der Waals surface area contributed by atoms with Crippen molar-refractivity contribution in [2.75, 3.05) is 5.32 Å². The number of hydrogen-bond acceptors (Lipinski definition) is 6. The fraction of sp³-hybridized carbons (Fsp3) is 0.150. The summed E-state index contributed by atoms with van der Waals surface area (Å²) in [6.07, 6.45) is 8.59. The predicted molar refractivity (Wildman–Crippen MR) is 95.4 cm³/mol. The van der Waals surface area contributed by atoms with Crippen LogP contribution in [-0.2, 0) is 5.54 Å². The molecule has 3 aromatic rings. The first-order chi connectivity index (χ1) is 12.7. The van der Waals surface area contributed by atoms with Gasteiger partial charge in [-0.15, -0.1) is 0 Å². The van der Waals surface area contributed by atoms with Gasteiger partial charge in [0.15, 0.2) is 5.78 Å². The molecule has 0 spiro atoms. The quantitative estimate of drug-likeness (QED) is 0.717. The lowest BCUT2D eigenvalue weighted by Gasteiger charge is -2.17. The number of nitriles is 1. The largest absolute Gasteiger partial charge is 0.345 e. The normalized spacial score (nSPS) is 14.3. The molecule has 2 aromatic heterocycles. The number of pyridine rings is 1. The van der Waals surface area contributed by atoms with Crippen molar-refractivity contribution >= 4 is 11.7 Å². The van der Waals surface area contributed by atoms with Crippen LogP contribution in [0.5, 0.6) is 0 Å². The van der Waals surface area contributed by atoms with Crippen molar-refractivity contribution in [2.45, 2.75) is 18.4 Å². The zero-order chi connectivity index (χ0) is 18.0. The Bertz CT molecular complexity index is 989. The van der Waals surface area contributed by atoms with Crippen molar-refractivity contribution in [2.24, 2.45) is 0 Å². The molecular weight excluding hydrogens is 326 g/mol. The molecule has 0 bridgehead atoms. The van der Waals surface area contributed by atoms with Crippen LogP contribution < -0.4 is 5.32 Å². The zero-order valence-corrected chi connectivity index (χ0v) is 13.9. The van der Waals surface area contributed by atoms with Gasteiger partial charge < -0.3 is 5.32 Å². The number of benzene rings is 1. The molecule has 26 heavy (non-hydrogen) atoms. The van der Waals surface area contributed by atoms with E-state index in [0.717, 1.165) is 18.4 Å². The summed E-state index contributed by atoms with van der Waals surface area (Å²) < 4.78 is 0. The number of carbonyl (C=O) groups is 1. The van der Waals surface area contributed by atoms with Gasteiger partial charge in [0.25, 0.3) is 0 Å². The first kappa shape index (κ1) is 15.9. The minimum Gasteiger partial charge on any atom is -0.345 e. The average Bonchev–Trinajstić information content (AvgIpc) is 3.49. The molecule has 6 nitrogen and oxygen atoms in total. The summed E-state index contributed by atoms with van der Waals surface area (Å²) in [7, 11) is 0. The molecule has 0 saturated heterocycles. The van der Waals surface area contributed by atoms with Crippen LogP contribution >= 0.6 is 0 Å². The van der Waals surface area contributed by atoms with Crippen molar-refractivity contribution < 1.29 is 4.79 Å². The maximum atomic E-state index is 12.5. The minimum atomic E-state index is -0.206. The molecule has 2 heterocycles. The van der Waals surface area contributed by atoms with Gasteiger partial charge in [-0.3, -0.25) is 9.78 Å². The van der Waals surface area contributed by atoms with Crippen molar-refractivity contribution in [1.29, 1.82) is 5.26 Å². The van der Waals surface area contributed by atoms with Crippen molar-refractivity contribution in [3.05, 3.63) is 83.4 Å². The van der Waals surface area contributed by atoms with Gasteiger partial charge >= 0.3 is 0 Å². The van der Waals surface area contributed by atoms with E-state index in [2.05, 4.69) is 20.3 Å². The molecular formula is C20H15N5O. The number of nitrogens with zero attached hydrogens (tertiary/aromatic N) is 4. The van der Waals surface area contributed by atoms with Crippen molar-refractivity contribution in [1.82, 2.24) is 15.0 Å². The number of carbonyl (C=O) groups excluding carboxylic acids is 1. The SMILES string of the molecule is N#Cc1cccc(C(=O)c2cnc(NC3(c4cccnc4)CC3)nc2)c1. The van der Waals surface area contributed by atoms with Gasteiger partial charge in [0.1, 0.15) is 0 Å². The maximum absolute atomic E-state index is 12.5. The molecule has 0 atom stereocenters. The van der Waals surface area contributed by atoms with E-state index < -0.39 is 0 Å². The topological polar surface area (TPSA) is 91.6 Å². The predicted octanol–water partition coefficient (Wildman–Crippen LogP) is 3.08. The molecule has 0 unspecified atom stereocenters. The van der Waals surface area contributed by atoms with E-state index in [0.29, 0.717) is 22.6 Å². The van der Waals surface area contributed by atoms with Gasteiger partial charge in [0.2, 0.25) is 5.95 Å². The second-order valence-electron chi connectivity index (χ2n) is 6.27. The van der Waals surface area contributed by atoms with E-state index in [9.17, 15) is 4.79 Å². The van der Waals surface area contributed by atoms with Gasteiger partial charge in [-0.25, -0.2) is 9.97 Å². The van der Waals surface area contributed by atoms with Crippen LogP contribution in [0.25, 0.3) is 0 Å². The fourth-order valence-electron chi connectivity index (χ4n) is 2.88. The lowest BCUT2D eigenvalue weighted by molar-refractivity contribution is 0.103. The summed E-state index contributed by atoms with van der Waals surface area (Å²) in [5.74, 6) is 0.274. The summed E-state index contributed by atoms with van der Waals surface area (Å²) in [4.78, 5) is 25.3. The Morgan fingerprint density at radius 3 is 2.54 bits per heavy atom.